The summed E-state index contributed by atoms with van der Waals surface area (Å²) in [7, 11) is 0. The molecule has 3 heterocycles. The van der Waals surface area contributed by atoms with Crippen LogP contribution in [-0.2, 0) is 0 Å². The largest absolute Gasteiger partial charge is 0.507 e. The molecule has 0 saturated heterocycles. The van der Waals surface area contributed by atoms with Gasteiger partial charge in [0.15, 0.2) is 0 Å². The van der Waals surface area contributed by atoms with Crippen molar-refractivity contribution in [2.75, 3.05) is 11.5 Å². The van der Waals surface area contributed by atoms with Gasteiger partial charge in [0.1, 0.15) is 34.7 Å². The molecule has 3 aromatic rings. The summed E-state index contributed by atoms with van der Waals surface area (Å²) in [6.07, 6.45) is 0. The predicted octanol–water partition coefficient (Wildman–Crippen LogP) is 2.37. The van der Waals surface area contributed by atoms with E-state index in [2.05, 4.69) is 4.98 Å². The lowest BCUT2D eigenvalue weighted by molar-refractivity contribution is 0.408. The molecule has 8 heteroatoms. The van der Waals surface area contributed by atoms with E-state index in [-0.39, 0.29) is 45.6 Å². The molecule has 0 radical (unpaired) electrons. The number of rotatable bonds is 1. The van der Waals surface area contributed by atoms with Crippen LogP contribution in [0.2, 0.25) is 0 Å². The topological polar surface area (TPSA) is 148 Å². The van der Waals surface area contributed by atoms with Crippen LogP contribution < -0.4 is 21.8 Å². The number of para-hydroxylation sites is 1. The number of nitrogen functional groups attached to an aromatic ring is 2. The number of ether oxygens (including phenoxy) is 1. The summed E-state index contributed by atoms with van der Waals surface area (Å²) in [6, 6.07) is 10.2. The number of hydrogen-bond donors (Lipinski definition) is 3. The molecule has 2 aromatic heterocycles. The molecule has 0 saturated carbocycles. The van der Waals surface area contributed by atoms with Crippen LogP contribution in [0, 0.1) is 18.3 Å². The summed E-state index contributed by atoms with van der Waals surface area (Å²) in [5.74, 6) is -0.374. The lowest BCUT2D eigenvalue weighted by atomic mass is 9.82. The van der Waals surface area contributed by atoms with Crippen molar-refractivity contribution in [3.63, 3.8) is 0 Å². The highest BCUT2D eigenvalue weighted by Gasteiger charge is 2.37. The first-order valence-corrected chi connectivity index (χ1v) is 8.01. The fourth-order valence-electron chi connectivity index (χ4n) is 3.33. The third-order valence-electron chi connectivity index (χ3n) is 4.48. The van der Waals surface area contributed by atoms with E-state index < -0.39 is 11.5 Å². The quantitative estimate of drug-likeness (QED) is 0.467. The molecule has 0 fully saturated rings. The van der Waals surface area contributed by atoms with Gasteiger partial charge in [-0.1, -0.05) is 18.2 Å². The maximum absolute atomic E-state index is 12.6. The molecule has 1 aliphatic rings. The zero-order chi connectivity index (χ0) is 19.3. The van der Waals surface area contributed by atoms with Gasteiger partial charge in [-0.25, -0.2) is 4.79 Å². The molecule has 1 aromatic carbocycles. The molecule has 0 aliphatic carbocycles. The summed E-state index contributed by atoms with van der Waals surface area (Å²) in [4.78, 5) is 16.7. The summed E-state index contributed by atoms with van der Waals surface area (Å²) in [6.45, 7) is 1.56. The lowest BCUT2D eigenvalue weighted by Crippen LogP contribution is -2.22. The molecule has 1 aliphatic heterocycles. The Labute approximate surface area is 153 Å². The lowest BCUT2D eigenvalue weighted by Gasteiger charge is -2.29. The van der Waals surface area contributed by atoms with Crippen LogP contribution in [0.3, 0.4) is 0 Å². The zero-order valence-electron chi connectivity index (χ0n) is 14.2. The predicted molar refractivity (Wildman–Crippen MR) is 96.6 cm³/mol. The van der Waals surface area contributed by atoms with E-state index in [1.807, 2.05) is 6.07 Å². The molecular weight excluding hydrogens is 348 g/mol. The number of aryl methyl sites for hydroxylation is 1. The van der Waals surface area contributed by atoms with Crippen molar-refractivity contribution in [1.29, 1.82) is 5.26 Å². The number of fused-ring (bicyclic) bond motifs is 2. The van der Waals surface area contributed by atoms with Crippen LogP contribution in [0.5, 0.6) is 17.4 Å². The van der Waals surface area contributed by atoms with Gasteiger partial charge in [-0.05, 0) is 13.0 Å². The standard InChI is InChI=1S/C19H14N4O4/c1-8-6-11(24)14(19(25)26-8)13-9-4-2-3-5-12(9)27-18-15(13)16(21)10(7-20)17(22)23-18/h2-6,13,24H,1H3,(H4,21,22,23). The Bertz CT molecular complexity index is 1190. The van der Waals surface area contributed by atoms with Gasteiger partial charge >= 0.3 is 5.63 Å². The minimum atomic E-state index is -0.831. The van der Waals surface area contributed by atoms with Crippen LogP contribution in [0.1, 0.15) is 33.9 Å². The monoisotopic (exact) mass is 362 g/mol. The molecule has 1 unspecified atom stereocenters. The van der Waals surface area contributed by atoms with Crippen molar-refractivity contribution in [3.8, 4) is 23.4 Å². The highest BCUT2D eigenvalue weighted by molar-refractivity contribution is 5.75. The van der Waals surface area contributed by atoms with E-state index in [1.54, 1.807) is 31.2 Å². The summed E-state index contributed by atoms with van der Waals surface area (Å²) < 4.78 is 11.0. The van der Waals surface area contributed by atoms with Gasteiger partial charge < -0.3 is 25.7 Å². The second kappa shape index (κ2) is 5.78. The number of nitriles is 1. The highest BCUT2D eigenvalue weighted by atomic mass is 16.5. The average Bonchev–Trinajstić information content (AvgIpc) is 2.60. The average molecular weight is 362 g/mol. The van der Waals surface area contributed by atoms with Crippen molar-refractivity contribution in [2.45, 2.75) is 12.8 Å². The zero-order valence-corrected chi connectivity index (χ0v) is 14.2. The molecule has 4 rings (SSSR count). The summed E-state index contributed by atoms with van der Waals surface area (Å²) >= 11 is 0. The second-order valence-corrected chi connectivity index (χ2v) is 6.13. The molecule has 0 bridgehead atoms. The molecule has 0 amide bonds. The molecular formula is C19H14N4O4. The minimum Gasteiger partial charge on any atom is -0.507 e. The van der Waals surface area contributed by atoms with Gasteiger partial charge in [0.05, 0.1) is 22.7 Å². The summed E-state index contributed by atoms with van der Waals surface area (Å²) in [5.41, 5.74) is 12.2. The van der Waals surface area contributed by atoms with Gasteiger partial charge in [0.25, 0.3) is 0 Å². The van der Waals surface area contributed by atoms with Gasteiger partial charge in [-0.3, -0.25) is 0 Å². The third kappa shape index (κ3) is 2.37. The van der Waals surface area contributed by atoms with Gasteiger partial charge in [0.2, 0.25) is 5.88 Å². The van der Waals surface area contributed by atoms with Crippen LogP contribution in [0.25, 0.3) is 0 Å². The van der Waals surface area contributed by atoms with E-state index >= 15 is 0 Å². The second-order valence-electron chi connectivity index (χ2n) is 6.13. The summed E-state index contributed by atoms with van der Waals surface area (Å²) in [5, 5.41) is 19.9. The Morgan fingerprint density at radius 2 is 2.00 bits per heavy atom. The maximum Gasteiger partial charge on any atom is 0.343 e. The smallest absolute Gasteiger partial charge is 0.343 e. The first-order valence-electron chi connectivity index (χ1n) is 8.01. The number of nitrogens with zero attached hydrogens (tertiary/aromatic N) is 2. The van der Waals surface area contributed by atoms with Crippen molar-refractivity contribution in [2.24, 2.45) is 0 Å². The Morgan fingerprint density at radius 1 is 1.26 bits per heavy atom. The van der Waals surface area contributed by atoms with Crippen LogP contribution in [0.4, 0.5) is 11.5 Å². The molecule has 134 valence electrons. The molecule has 1 atom stereocenters. The van der Waals surface area contributed by atoms with Crippen LogP contribution in [-0.4, -0.2) is 10.1 Å². The molecule has 5 N–H and O–H groups in total. The van der Waals surface area contributed by atoms with Crippen LogP contribution >= 0.6 is 0 Å². The normalized spacial score (nSPS) is 14.6. The maximum atomic E-state index is 12.6. The van der Waals surface area contributed by atoms with Crippen molar-refractivity contribution >= 4 is 11.5 Å². The first-order chi connectivity index (χ1) is 12.9. The minimum absolute atomic E-state index is 0.0141. The van der Waals surface area contributed by atoms with E-state index in [0.29, 0.717) is 11.3 Å². The van der Waals surface area contributed by atoms with E-state index in [4.69, 9.17) is 20.6 Å². The van der Waals surface area contributed by atoms with Gasteiger partial charge in [0, 0.05) is 11.6 Å². The molecule has 27 heavy (non-hydrogen) atoms. The van der Waals surface area contributed by atoms with E-state index in [9.17, 15) is 15.2 Å². The highest BCUT2D eigenvalue weighted by Crippen LogP contribution is 2.50. The van der Waals surface area contributed by atoms with E-state index in [1.165, 1.54) is 6.07 Å². The van der Waals surface area contributed by atoms with Crippen LogP contribution in [0.15, 0.2) is 39.5 Å². The SMILES string of the molecule is Cc1cc(O)c(C2c3ccccc3Oc3nc(N)c(C#N)c(N)c32)c(=O)o1. The molecule has 0 spiro atoms. The fraction of sp³-hybridized carbons (Fsp3) is 0.105. The number of aromatic nitrogens is 1. The Kier molecular flexibility index (Phi) is 3.53. The number of hydrogen-bond acceptors (Lipinski definition) is 8. The van der Waals surface area contributed by atoms with Gasteiger partial charge in [-0.15, -0.1) is 0 Å². The fourth-order valence-corrected chi connectivity index (χ4v) is 3.33. The number of benzene rings is 1. The number of anilines is 2. The Hall–Kier alpha value is -3.99. The third-order valence-corrected chi connectivity index (χ3v) is 4.48. The molecule has 8 nitrogen and oxygen atoms in total. The van der Waals surface area contributed by atoms with Crippen molar-refractivity contribution < 1.29 is 14.3 Å². The Morgan fingerprint density at radius 3 is 2.70 bits per heavy atom. The van der Waals surface area contributed by atoms with Crippen molar-refractivity contribution in [1.82, 2.24) is 4.98 Å². The van der Waals surface area contributed by atoms with Crippen molar-refractivity contribution in [3.05, 3.63) is 68.8 Å². The number of nitrogens with two attached hydrogens (primary N) is 2. The first kappa shape index (κ1) is 16.5. The number of pyridine rings is 1. The number of aromatic hydroxyl groups is 1. The van der Waals surface area contributed by atoms with Gasteiger partial charge in [-0.2, -0.15) is 10.2 Å². The van der Waals surface area contributed by atoms with E-state index in [0.717, 1.165) is 0 Å². The Balaban J connectivity index is 2.12.